The summed E-state index contributed by atoms with van der Waals surface area (Å²) >= 11 is 6.05. The highest BCUT2D eigenvalue weighted by atomic mass is 35.5. The topological polar surface area (TPSA) is 47.3 Å². The van der Waals surface area contributed by atoms with E-state index in [1.54, 1.807) is 0 Å². The van der Waals surface area contributed by atoms with Crippen molar-refractivity contribution in [1.29, 1.82) is 0 Å². The van der Waals surface area contributed by atoms with E-state index >= 15 is 0 Å². The van der Waals surface area contributed by atoms with E-state index < -0.39 is 0 Å². The van der Waals surface area contributed by atoms with Crippen molar-refractivity contribution in [1.82, 2.24) is 0 Å². The van der Waals surface area contributed by atoms with Gasteiger partial charge in [0.05, 0.1) is 17.3 Å². The zero-order valence-electron chi connectivity index (χ0n) is 11.7. The van der Waals surface area contributed by atoms with Crippen molar-refractivity contribution in [2.24, 2.45) is 0 Å². The third-order valence-corrected chi connectivity index (χ3v) is 3.28. The molecule has 2 aromatic rings. The first-order chi connectivity index (χ1) is 9.60. The quantitative estimate of drug-likeness (QED) is 0.780. The van der Waals surface area contributed by atoms with E-state index in [1.165, 1.54) is 0 Å². The minimum Gasteiger partial charge on any atom is -0.494 e. The van der Waals surface area contributed by atoms with Crippen LogP contribution in [0.3, 0.4) is 0 Å². The van der Waals surface area contributed by atoms with Crippen molar-refractivity contribution in [3.63, 3.8) is 0 Å². The predicted octanol–water partition coefficient (Wildman–Crippen LogP) is 4.76. The number of halogens is 1. The van der Waals surface area contributed by atoms with Crippen LogP contribution in [-0.4, -0.2) is 6.61 Å². The van der Waals surface area contributed by atoms with Crippen molar-refractivity contribution in [2.45, 2.75) is 20.3 Å². The maximum Gasteiger partial charge on any atom is 0.119 e. The Morgan fingerprint density at radius 1 is 1.20 bits per heavy atom. The van der Waals surface area contributed by atoms with Gasteiger partial charge in [-0.25, -0.2) is 0 Å². The van der Waals surface area contributed by atoms with Crippen LogP contribution in [0.1, 0.15) is 18.9 Å². The van der Waals surface area contributed by atoms with Crippen LogP contribution in [0.25, 0.3) is 0 Å². The maximum atomic E-state index is 6.05. The van der Waals surface area contributed by atoms with Crippen molar-refractivity contribution in [3.05, 3.63) is 47.0 Å². The normalized spacial score (nSPS) is 10.3. The van der Waals surface area contributed by atoms with Gasteiger partial charge >= 0.3 is 0 Å². The van der Waals surface area contributed by atoms with Gasteiger partial charge in [0.15, 0.2) is 0 Å². The average Bonchev–Trinajstić information content (AvgIpc) is 2.44. The van der Waals surface area contributed by atoms with Crippen molar-refractivity contribution < 1.29 is 4.74 Å². The molecule has 0 saturated carbocycles. The van der Waals surface area contributed by atoms with E-state index in [9.17, 15) is 0 Å². The lowest BCUT2D eigenvalue weighted by atomic mass is 10.1. The molecule has 2 rings (SSSR count). The van der Waals surface area contributed by atoms with E-state index in [4.69, 9.17) is 22.1 Å². The number of hydrogen-bond acceptors (Lipinski definition) is 3. The summed E-state index contributed by atoms with van der Waals surface area (Å²) in [6.45, 7) is 4.82. The summed E-state index contributed by atoms with van der Waals surface area (Å²) in [4.78, 5) is 0. The first kappa shape index (κ1) is 14.5. The third kappa shape index (κ3) is 3.58. The van der Waals surface area contributed by atoms with Gasteiger partial charge in [-0.2, -0.15) is 0 Å². The van der Waals surface area contributed by atoms with Gasteiger partial charge in [-0.3, -0.25) is 0 Å². The average molecular weight is 291 g/mol. The minimum absolute atomic E-state index is 0.556. The Bertz CT molecular complexity index is 582. The Kier molecular flexibility index (Phi) is 4.74. The summed E-state index contributed by atoms with van der Waals surface area (Å²) in [5, 5.41) is 3.88. The Morgan fingerprint density at radius 2 is 1.90 bits per heavy atom. The maximum absolute atomic E-state index is 6.05. The summed E-state index contributed by atoms with van der Waals surface area (Å²) in [5.41, 5.74) is 9.36. The summed E-state index contributed by atoms with van der Waals surface area (Å²) in [6, 6.07) is 11.6. The molecular weight excluding hydrogens is 272 g/mol. The van der Waals surface area contributed by atoms with Crippen molar-refractivity contribution in [2.75, 3.05) is 17.7 Å². The summed E-state index contributed by atoms with van der Waals surface area (Å²) in [7, 11) is 0. The van der Waals surface area contributed by atoms with Crippen LogP contribution in [-0.2, 0) is 0 Å². The Labute approximate surface area is 124 Å². The molecule has 2 aromatic carbocycles. The molecule has 0 fully saturated rings. The van der Waals surface area contributed by atoms with Crippen LogP contribution in [0.2, 0.25) is 5.02 Å². The molecule has 4 heteroatoms. The fourth-order valence-corrected chi connectivity index (χ4v) is 2.01. The highest BCUT2D eigenvalue weighted by Crippen LogP contribution is 2.29. The minimum atomic E-state index is 0.556. The Morgan fingerprint density at radius 3 is 2.55 bits per heavy atom. The lowest BCUT2D eigenvalue weighted by Gasteiger charge is -2.12. The molecule has 0 bridgehead atoms. The van der Waals surface area contributed by atoms with Crippen LogP contribution in [0.4, 0.5) is 17.1 Å². The number of nitrogens with two attached hydrogens (primary N) is 1. The van der Waals surface area contributed by atoms with Crippen LogP contribution in [0.15, 0.2) is 36.4 Å². The molecule has 0 aliphatic rings. The lowest BCUT2D eigenvalue weighted by Crippen LogP contribution is -1.97. The third-order valence-electron chi connectivity index (χ3n) is 2.95. The molecule has 3 N–H and O–H groups in total. The monoisotopic (exact) mass is 290 g/mol. The Balaban J connectivity index is 2.12. The molecule has 0 aliphatic heterocycles. The molecule has 20 heavy (non-hydrogen) atoms. The summed E-state index contributed by atoms with van der Waals surface area (Å²) in [5.74, 6) is 0.879. The first-order valence-electron chi connectivity index (χ1n) is 6.65. The van der Waals surface area contributed by atoms with Crippen LogP contribution < -0.4 is 15.8 Å². The van der Waals surface area contributed by atoms with Gasteiger partial charge in [0.2, 0.25) is 0 Å². The molecule has 106 valence electrons. The van der Waals surface area contributed by atoms with E-state index in [0.717, 1.165) is 35.7 Å². The number of rotatable bonds is 5. The van der Waals surface area contributed by atoms with Gasteiger partial charge in [0.25, 0.3) is 0 Å². The number of aryl methyl sites for hydroxylation is 1. The molecule has 0 heterocycles. The lowest BCUT2D eigenvalue weighted by molar-refractivity contribution is 0.317. The summed E-state index contributed by atoms with van der Waals surface area (Å²) < 4.78 is 5.55. The van der Waals surface area contributed by atoms with Crippen molar-refractivity contribution >= 4 is 28.7 Å². The highest BCUT2D eigenvalue weighted by molar-refractivity contribution is 6.33. The zero-order chi connectivity index (χ0) is 14.5. The van der Waals surface area contributed by atoms with Gasteiger partial charge in [0.1, 0.15) is 5.75 Å². The van der Waals surface area contributed by atoms with Gasteiger partial charge in [-0.1, -0.05) is 18.5 Å². The zero-order valence-corrected chi connectivity index (χ0v) is 12.5. The van der Waals surface area contributed by atoms with Crippen LogP contribution >= 0.6 is 11.6 Å². The van der Waals surface area contributed by atoms with E-state index in [-0.39, 0.29) is 0 Å². The van der Waals surface area contributed by atoms with E-state index in [0.29, 0.717) is 10.7 Å². The molecule has 3 nitrogen and oxygen atoms in total. The standard InChI is InChI=1S/C16H19ClN2O/c1-3-8-20-13-6-4-12(5-7-13)19-16-10-14(17)15(18)9-11(16)2/h4-7,9-10,19H,3,8,18H2,1-2H3. The van der Waals surface area contributed by atoms with E-state index in [2.05, 4.69) is 12.2 Å². The molecule has 0 atom stereocenters. The Hall–Kier alpha value is -1.87. The SMILES string of the molecule is CCCOc1ccc(Nc2cc(Cl)c(N)cc2C)cc1. The van der Waals surface area contributed by atoms with Gasteiger partial charge in [-0.05, 0) is 55.3 Å². The number of nitrogen functional groups attached to an aromatic ring is 1. The molecule has 0 amide bonds. The number of hydrogen-bond donors (Lipinski definition) is 2. The fraction of sp³-hybridized carbons (Fsp3) is 0.250. The fourth-order valence-electron chi connectivity index (χ4n) is 1.85. The number of anilines is 3. The van der Waals surface area contributed by atoms with Gasteiger partial charge in [-0.15, -0.1) is 0 Å². The van der Waals surface area contributed by atoms with Crippen LogP contribution in [0.5, 0.6) is 5.75 Å². The van der Waals surface area contributed by atoms with Crippen LogP contribution in [0, 0.1) is 6.92 Å². The molecule has 0 unspecified atom stereocenters. The number of ether oxygens (including phenoxy) is 1. The molecule has 0 radical (unpaired) electrons. The molecular formula is C16H19ClN2O. The smallest absolute Gasteiger partial charge is 0.119 e. The summed E-state index contributed by atoms with van der Waals surface area (Å²) in [6.07, 6.45) is 1.00. The molecule has 0 aromatic heterocycles. The molecule has 0 aliphatic carbocycles. The largest absolute Gasteiger partial charge is 0.494 e. The number of nitrogens with one attached hydrogen (secondary N) is 1. The second-order valence-corrected chi connectivity index (χ2v) is 5.09. The molecule has 0 saturated heterocycles. The van der Waals surface area contributed by atoms with Gasteiger partial charge < -0.3 is 15.8 Å². The second-order valence-electron chi connectivity index (χ2n) is 4.69. The highest BCUT2D eigenvalue weighted by Gasteiger charge is 2.04. The molecule has 0 spiro atoms. The van der Waals surface area contributed by atoms with E-state index in [1.807, 2.05) is 43.3 Å². The first-order valence-corrected chi connectivity index (χ1v) is 7.03. The number of benzene rings is 2. The second kappa shape index (κ2) is 6.53. The predicted molar refractivity (Wildman–Crippen MR) is 86.1 cm³/mol. The van der Waals surface area contributed by atoms with Crippen molar-refractivity contribution in [3.8, 4) is 5.75 Å². The van der Waals surface area contributed by atoms with Gasteiger partial charge in [0, 0.05) is 11.4 Å².